The SMILES string of the molecule is CNCc1ccoc1CN(C)CCOC(C)C. The zero-order valence-corrected chi connectivity index (χ0v) is 11.3. The van der Waals surface area contributed by atoms with Crippen LogP contribution in [0.15, 0.2) is 16.7 Å². The van der Waals surface area contributed by atoms with Crippen LogP contribution in [0, 0.1) is 0 Å². The number of nitrogens with zero attached hydrogens (tertiary/aromatic N) is 1. The Morgan fingerprint density at radius 1 is 1.47 bits per heavy atom. The van der Waals surface area contributed by atoms with E-state index in [0.717, 1.165) is 32.0 Å². The molecule has 0 aromatic carbocycles. The summed E-state index contributed by atoms with van der Waals surface area (Å²) in [6, 6.07) is 2.02. The highest BCUT2D eigenvalue weighted by Gasteiger charge is 2.08. The van der Waals surface area contributed by atoms with E-state index < -0.39 is 0 Å². The summed E-state index contributed by atoms with van der Waals surface area (Å²) < 4.78 is 11.0. The average molecular weight is 240 g/mol. The van der Waals surface area contributed by atoms with Crippen molar-refractivity contribution in [1.29, 1.82) is 0 Å². The summed E-state index contributed by atoms with van der Waals surface area (Å²) in [6.45, 7) is 7.46. The third kappa shape index (κ3) is 5.35. The minimum atomic E-state index is 0.298. The molecule has 0 aliphatic heterocycles. The fourth-order valence-corrected chi connectivity index (χ4v) is 1.62. The van der Waals surface area contributed by atoms with Crippen LogP contribution in [0.1, 0.15) is 25.2 Å². The van der Waals surface area contributed by atoms with Crippen molar-refractivity contribution in [2.24, 2.45) is 0 Å². The molecule has 0 spiro atoms. The molecule has 0 atom stereocenters. The summed E-state index contributed by atoms with van der Waals surface area (Å²) in [5.41, 5.74) is 1.23. The third-order valence-corrected chi connectivity index (χ3v) is 2.54. The molecule has 98 valence electrons. The van der Waals surface area contributed by atoms with Gasteiger partial charge in [0.1, 0.15) is 5.76 Å². The number of likely N-dealkylation sites (N-methyl/N-ethyl adjacent to an activating group) is 1. The minimum Gasteiger partial charge on any atom is -0.468 e. The normalized spacial score (nSPS) is 11.6. The fraction of sp³-hybridized carbons (Fsp3) is 0.692. The first-order valence-electron chi connectivity index (χ1n) is 6.13. The van der Waals surface area contributed by atoms with Crippen LogP contribution in [0.5, 0.6) is 0 Å². The van der Waals surface area contributed by atoms with Gasteiger partial charge in [-0.05, 0) is 34.0 Å². The maximum Gasteiger partial charge on any atom is 0.122 e. The van der Waals surface area contributed by atoms with Crippen LogP contribution in [0.3, 0.4) is 0 Å². The fourth-order valence-electron chi connectivity index (χ4n) is 1.62. The van der Waals surface area contributed by atoms with Gasteiger partial charge in [0.25, 0.3) is 0 Å². The number of furan rings is 1. The van der Waals surface area contributed by atoms with Crippen molar-refractivity contribution in [2.75, 3.05) is 27.2 Å². The lowest BCUT2D eigenvalue weighted by molar-refractivity contribution is 0.0616. The molecule has 1 heterocycles. The van der Waals surface area contributed by atoms with Crippen molar-refractivity contribution in [3.63, 3.8) is 0 Å². The second-order valence-corrected chi connectivity index (χ2v) is 4.56. The largest absolute Gasteiger partial charge is 0.468 e. The summed E-state index contributed by atoms with van der Waals surface area (Å²) in [6.07, 6.45) is 2.05. The van der Waals surface area contributed by atoms with Crippen LogP contribution >= 0.6 is 0 Å². The second-order valence-electron chi connectivity index (χ2n) is 4.56. The Labute approximate surface area is 104 Å². The third-order valence-electron chi connectivity index (χ3n) is 2.54. The van der Waals surface area contributed by atoms with Crippen LogP contribution in [-0.2, 0) is 17.8 Å². The first-order valence-corrected chi connectivity index (χ1v) is 6.13. The van der Waals surface area contributed by atoms with Crippen molar-refractivity contribution < 1.29 is 9.15 Å². The van der Waals surface area contributed by atoms with E-state index in [1.807, 2.05) is 13.1 Å². The quantitative estimate of drug-likeness (QED) is 0.752. The molecule has 1 aromatic heterocycles. The molecule has 0 amide bonds. The molecule has 0 saturated carbocycles. The van der Waals surface area contributed by atoms with Crippen molar-refractivity contribution in [3.05, 3.63) is 23.7 Å². The van der Waals surface area contributed by atoms with Gasteiger partial charge in [0.05, 0.1) is 25.5 Å². The standard InChI is InChI=1S/C13H24N2O2/c1-11(2)16-8-6-15(4)10-13-12(9-14-3)5-7-17-13/h5,7,11,14H,6,8-10H2,1-4H3. The molecule has 1 aromatic rings. The summed E-state index contributed by atoms with van der Waals surface area (Å²) >= 11 is 0. The smallest absolute Gasteiger partial charge is 0.122 e. The topological polar surface area (TPSA) is 37.6 Å². The van der Waals surface area contributed by atoms with Crippen molar-refractivity contribution in [2.45, 2.75) is 33.0 Å². The predicted molar refractivity (Wildman–Crippen MR) is 68.9 cm³/mol. The highest BCUT2D eigenvalue weighted by molar-refractivity contribution is 5.16. The number of ether oxygens (including phenoxy) is 1. The molecule has 0 fully saturated rings. The van der Waals surface area contributed by atoms with Gasteiger partial charge in [-0.25, -0.2) is 0 Å². The van der Waals surface area contributed by atoms with E-state index in [-0.39, 0.29) is 0 Å². The number of rotatable bonds is 8. The van der Waals surface area contributed by atoms with Gasteiger partial charge in [-0.15, -0.1) is 0 Å². The molecule has 0 radical (unpaired) electrons. The lowest BCUT2D eigenvalue weighted by Crippen LogP contribution is -2.24. The molecule has 4 heteroatoms. The van der Waals surface area contributed by atoms with Crippen LogP contribution in [0.2, 0.25) is 0 Å². The molecular weight excluding hydrogens is 216 g/mol. The number of nitrogens with one attached hydrogen (secondary N) is 1. The maximum atomic E-state index is 5.52. The highest BCUT2D eigenvalue weighted by atomic mass is 16.5. The summed E-state index contributed by atoms with van der Waals surface area (Å²) in [5.74, 6) is 1.03. The van der Waals surface area contributed by atoms with Crippen LogP contribution in [0.4, 0.5) is 0 Å². The second kappa shape index (κ2) is 7.48. The van der Waals surface area contributed by atoms with Gasteiger partial charge in [0, 0.05) is 18.7 Å². The maximum absolute atomic E-state index is 5.52. The first-order chi connectivity index (χ1) is 8.13. The van der Waals surface area contributed by atoms with Gasteiger partial charge < -0.3 is 14.5 Å². The highest BCUT2D eigenvalue weighted by Crippen LogP contribution is 2.12. The predicted octanol–water partition coefficient (Wildman–Crippen LogP) is 1.86. The Morgan fingerprint density at radius 3 is 2.88 bits per heavy atom. The molecule has 0 saturated heterocycles. The van der Waals surface area contributed by atoms with Crippen LogP contribution < -0.4 is 5.32 Å². The van der Waals surface area contributed by atoms with E-state index in [2.05, 4.69) is 31.1 Å². The van der Waals surface area contributed by atoms with Crippen LogP contribution in [0.25, 0.3) is 0 Å². The molecule has 1 rings (SSSR count). The molecular formula is C13H24N2O2. The molecule has 0 bridgehead atoms. The lowest BCUT2D eigenvalue weighted by Gasteiger charge is -2.17. The zero-order chi connectivity index (χ0) is 12.7. The van der Waals surface area contributed by atoms with E-state index in [0.29, 0.717) is 6.10 Å². The Balaban J connectivity index is 2.34. The van der Waals surface area contributed by atoms with Gasteiger partial charge in [0.2, 0.25) is 0 Å². The van der Waals surface area contributed by atoms with Crippen LogP contribution in [-0.4, -0.2) is 38.3 Å². The first kappa shape index (κ1) is 14.2. The molecule has 17 heavy (non-hydrogen) atoms. The van der Waals surface area contributed by atoms with Crippen molar-refractivity contribution >= 4 is 0 Å². The molecule has 0 aliphatic carbocycles. The van der Waals surface area contributed by atoms with Gasteiger partial charge in [0.15, 0.2) is 0 Å². The van der Waals surface area contributed by atoms with E-state index in [4.69, 9.17) is 9.15 Å². The lowest BCUT2D eigenvalue weighted by atomic mass is 10.2. The molecule has 0 unspecified atom stereocenters. The average Bonchev–Trinajstić information content (AvgIpc) is 2.66. The summed E-state index contributed by atoms with van der Waals surface area (Å²) in [5, 5.41) is 3.14. The summed E-state index contributed by atoms with van der Waals surface area (Å²) in [7, 11) is 4.02. The van der Waals surface area contributed by atoms with Crippen molar-refractivity contribution in [1.82, 2.24) is 10.2 Å². The van der Waals surface area contributed by atoms with Gasteiger partial charge in [-0.1, -0.05) is 0 Å². The Morgan fingerprint density at radius 2 is 2.24 bits per heavy atom. The van der Waals surface area contributed by atoms with E-state index in [1.54, 1.807) is 6.26 Å². The zero-order valence-electron chi connectivity index (χ0n) is 11.3. The molecule has 1 N–H and O–H groups in total. The molecule has 4 nitrogen and oxygen atoms in total. The molecule has 0 aliphatic rings. The van der Waals surface area contributed by atoms with E-state index in [1.165, 1.54) is 5.56 Å². The van der Waals surface area contributed by atoms with Gasteiger partial charge in [-0.2, -0.15) is 0 Å². The van der Waals surface area contributed by atoms with E-state index >= 15 is 0 Å². The minimum absolute atomic E-state index is 0.298. The number of hydrogen-bond donors (Lipinski definition) is 1. The Hall–Kier alpha value is -0.840. The summed E-state index contributed by atoms with van der Waals surface area (Å²) in [4.78, 5) is 2.21. The van der Waals surface area contributed by atoms with E-state index in [9.17, 15) is 0 Å². The monoisotopic (exact) mass is 240 g/mol. The number of hydrogen-bond acceptors (Lipinski definition) is 4. The van der Waals surface area contributed by atoms with Gasteiger partial charge in [-0.3, -0.25) is 4.90 Å². The Kier molecular flexibility index (Phi) is 6.26. The van der Waals surface area contributed by atoms with Crippen molar-refractivity contribution in [3.8, 4) is 0 Å². The Bertz CT molecular complexity index is 310. The van der Waals surface area contributed by atoms with Gasteiger partial charge >= 0.3 is 0 Å².